The highest BCUT2D eigenvalue weighted by Gasteiger charge is 2.42. The van der Waals surface area contributed by atoms with Crippen molar-refractivity contribution in [1.29, 1.82) is 0 Å². The van der Waals surface area contributed by atoms with Crippen molar-refractivity contribution in [3.05, 3.63) is 57.9 Å². The maximum atomic E-state index is 13.2. The molecule has 0 unspecified atom stereocenters. The molecule has 1 aromatic carbocycles. The number of nitrogens with one attached hydrogen (secondary N) is 1. The second-order valence-corrected chi connectivity index (χ2v) is 8.76. The largest absolute Gasteiger partial charge is 0.357 e. The molecule has 1 atom stereocenters. The summed E-state index contributed by atoms with van der Waals surface area (Å²) in [5, 5.41) is 5.49. The molecule has 0 radical (unpaired) electrons. The van der Waals surface area contributed by atoms with Crippen LogP contribution < -0.4 is 10.2 Å². The number of nitrogens with zero attached hydrogens (tertiary/aromatic N) is 1. The minimum Gasteiger partial charge on any atom is -0.357 e. The van der Waals surface area contributed by atoms with E-state index in [2.05, 4.69) is 19.2 Å². The number of Topliss-reactive ketones (excluding diaryl/α,β-unsaturated/α-hetero) is 1. The molecule has 134 valence electrons. The van der Waals surface area contributed by atoms with Gasteiger partial charge >= 0.3 is 0 Å². The third kappa shape index (κ3) is 2.76. The number of carbonyl (C=O) groups is 2. The SMILES string of the molecule is CC(=O)N1c2ccccc2NC2=C(C(=O)CC(C)(C)C2)[C@@H]1c1cccs1. The molecule has 5 heteroatoms. The number of fused-ring (bicyclic) bond motifs is 1. The Hall–Kier alpha value is -2.40. The van der Waals surface area contributed by atoms with Gasteiger partial charge in [0.1, 0.15) is 6.04 Å². The van der Waals surface area contributed by atoms with Crippen molar-refractivity contribution in [1.82, 2.24) is 0 Å². The smallest absolute Gasteiger partial charge is 0.224 e. The fourth-order valence-corrected chi connectivity index (χ4v) is 4.87. The topological polar surface area (TPSA) is 49.4 Å². The first kappa shape index (κ1) is 17.0. The number of amides is 1. The van der Waals surface area contributed by atoms with E-state index in [1.807, 2.05) is 41.8 Å². The second-order valence-electron chi connectivity index (χ2n) is 7.78. The van der Waals surface area contributed by atoms with E-state index in [0.717, 1.165) is 33.9 Å². The molecular formula is C21H22N2O2S. The zero-order chi connectivity index (χ0) is 18.5. The second kappa shape index (κ2) is 6.09. The molecule has 0 fully saturated rings. The predicted octanol–water partition coefficient (Wildman–Crippen LogP) is 4.91. The highest BCUT2D eigenvalue weighted by Crippen LogP contribution is 2.48. The summed E-state index contributed by atoms with van der Waals surface area (Å²) in [6, 6.07) is 11.4. The van der Waals surface area contributed by atoms with E-state index in [0.29, 0.717) is 6.42 Å². The van der Waals surface area contributed by atoms with Crippen LogP contribution in [-0.4, -0.2) is 11.7 Å². The lowest BCUT2D eigenvalue weighted by Gasteiger charge is -2.36. The van der Waals surface area contributed by atoms with Gasteiger partial charge in [-0.2, -0.15) is 0 Å². The van der Waals surface area contributed by atoms with Gasteiger partial charge in [-0.25, -0.2) is 0 Å². The molecule has 2 aliphatic rings. The first-order valence-corrected chi connectivity index (χ1v) is 9.71. The number of ketones is 1. The molecule has 4 rings (SSSR count). The Kier molecular flexibility index (Phi) is 3.99. The molecule has 26 heavy (non-hydrogen) atoms. The monoisotopic (exact) mass is 366 g/mol. The standard InChI is InChI=1S/C21H22N2O2S/c1-13(24)23-16-8-5-4-7-14(16)22-15-11-21(2,3)12-17(25)19(15)20(23)18-9-6-10-26-18/h4-10,20,22H,11-12H2,1-3H3/t20-/m0/s1. The summed E-state index contributed by atoms with van der Waals surface area (Å²) in [5.74, 6) is 0.0604. The van der Waals surface area contributed by atoms with E-state index in [1.54, 1.807) is 23.2 Å². The highest BCUT2D eigenvalue weighted by atomic mass is 32.1. The normalized spacial score (nSPS) is 21.6. The lowest BCUT2D eigenvalue weighted by Crippen LogP contribution is -2.38. The number of allylic oxidation sites excluding steroid dienone is 1. The van der Waals surface area contributed by atoms with Gasteiger partial charge in [0.05, 0.1) is 11.4 Å². The summed E-state index contributed by atoms with van der Waals surface area (Å²) in [7, 11) is 0. The van der Waals surface area contributed by atoms with Gasteiger partial charge in [0, 0.05) is 29.5 Å². The first-order valence-electron chi connectivity index (χ1n) is 8.83. The van der Waals surface area contributed by atoms with Crippen molar-refractivity contribution in [3.8, 4) is 0 Å². The lowest BCUT2D eigenvalue weighted by molar-refractivity contribution is -0.118. The van der Waals surface area contributed by atoms with Crippen LogP contribution in [0.15, 0.2) is 53.0 Å². The molecule has 0 saturated heterocycles. The lowest BCUT2D eigenvalue weighted by atomic mass is 9.74. The van der Waals surface area contributed by atoms with Crippen molar-refractivity contribution in [3.63, 3.8) is 0 Å². The van der Waals surface area contributed by atoms with Crippen molar-refractivity contribution in [2.24, 2.45) is 5.41 Å². The highest BCUT2D eigenvalue weighted by molar-refractivity contribution is 7.10. The molecular weight excluding hydrogens is 344 g/mol. The van der Waals surface area contributed by atoms with Crippen LogP contribution in [0, 0.1) is 5.41 Å². The number of hydrogen-bond acceptors (Lipinski definition) is 4. The molecule has 4 nitrogen and oxygen atoms in total. The Bertz CT molecular complexity index is 912. The van der Waals surface area contributed by atoms with E-state index in [-0.39, 0.29) is 23.1 Å². The Morgan fingerprint density at radius 3 is 2.65 bits per heavy atom. The van der Waals surface area contributed by atoms with Crippen LogP contribution in [0.1, 0.15) is 44.5 Å². The van der Waals surface area contributed by atoms with Crippen LogP contribution in [0.3, 0.4) is 0 Å². The fourth-order valence-electron chi connectivity index (χ4n) is 4.05. The first-order chi connectivity index (χ1) is 12.4. The molecule has 0 spiro atoms. The fraction of sp³-hybridized carbons (Fsp3) is 0.333. The number of para-hydroxylation sites is 2. The summed E-state index contributed by atoms with van der Waals surface area (Å²) in [6.07, 6.45) is 1.29. The van der Waals surface area contributed by atoms with Crippen molar-refractivity contribution in [2.75, 3.05) is 10.2 Å². The van der Waals surface area contributed by atoms with Crippen LogP contribution in [0.25, 0.3) is 0 Å². The summed E-state index contributed by atoms with van der Waals surface area (Å²) >= 11 is 1.58. The third-order valence-electron chi connectivity index (χ3n) is 5.05. The van der Waals surface area contributed by atoms with E-state index in [4.69, 9.17) is 0 Å². The van der Waals surface area contributed by atoms with Gasteiger partial charge in [-0.15, -0.1) is 11.3 Å². The average Bonchev–Trinajstić information content (AvgIpc) is 3.02. The average molecular weight is 366 g/mol. The Balaban J connectivity index is 2.00. The number of anilines is 2. The van der Waals surface area contributed by atoms with Gasteiger partial charge in [0.2, 0.25) is 5.91 Å². The number of hydrogen-bond donors (Lipinski definition) is 1. The van der Waals surface area contributed by atoms with Crippen LogP contribution in [0.4, 0.5) is 11.4 Å². The van der Waals surface area contributed by atoms with E-state index in [9.17, 15) is 9.59 Å². The zero-order valence-electron chi connectivity index (χ0n) is 15.2. The summed E-state index contributed by atoms with van der Waals surface area (Å²) in [4.78, 5) is 28.7. The molecule has 2 heterocycles. The summed E-state index contributed by atoms with van der Waals surface area (Å²) in [5.41, 5.74) is 3.28. The Morgan fingerprint density at radius 1 is 1.19 bits per heavy atom. The van der Waals surface area contributed by atoms with Crippen molar-refractivity contribution >= 4 is 34.4 Å². The molecule has 1 amide bonds. The molecule has 0 saturated carbocycles. The Labute approximate surface area is 157 Å². The third-order valence-corrected chi connectivity index (χ3v) is 5.98. The van der Waals surface area contributed by atoms with Gasteiger partial charge < -0.3 is 5.32 Å². The number of rotatable bonds is 1. The van der Waals surface area contributed by atoms with Gasteiger partial charge in [-0.3, -0.25) is 14.5 Å². The van der Waals surface area contributed by atoms with Crippen LogP contribution >= 0.6 is 11.3 Å². The molecule has 1 aliphatic carbocycles. The number of thiophene rings is 1. The zero-order valence-corrected chi connectivity index (χ0v) is 16.0. The summed E-state index contributed by atoms with van der Waals surface area (Å²) < 4.78 is 0. The minimum atomic E-state index is -0.373. The molecule has 0 bridgehead atoms. The van der Waals surface area contributed by atoms with E-state index in [1.165, 1.54) is 0 Å². The molecule has 1 N–H and O–H groups in total. The molecule has 1 aliphatic heterocycles. The van der Waals surface area contributed by atoms with Gasteiger partial charge in [-0.05, 0) is 35.4 Å². The number of carbonyl (C=O) groups excluding carboxylic acids is 2. The number of benzene rings is 1. The quantitative estimate of drug-likeness (QED) is 0.780. The van der Waals surface area contributed by atoms with Gasteiger partial charge in [0.15, 0.2) is 5.78 Å². The Morgan fingerprint density at radius 2 is 1.96 bits per heavy atom. The maximum absolute atomic E-state index is 13.2. The van der Waals surface area contributed by atoms with E-state index < -0.39 is 0 Å². The van der Waals surface area contributed by atoms with E-state index >= 15 is 0 Å². The molecule has 2 aromatic rings. The van der Waals surface area contributed by atoms with Gasteiger partial charge in [0.25, 0.3) is 0 Å². The van der Waals surface area contributed by atoms with Crippen LogP contribution in [-0.2, 0) is 9.59 Å². The predicted molar refractivity (Wildman–Crippen MR) is 105 cm³/mol. The maximum Gasteiger partial charge on any atom is 0.224 e. The van der Waals surface area contributed by atoms with Crippen molar-refractivity contribution in [2.45, 2.75) is 39.7 Å². The van der Waals surface area contributed by atoms with Crippen LogP contribution in [0.2, 0.25) is 0 Å². The molecule has 1 aromatic heterocycles. The summed E-state index contributed by atoms with van der Waals surface area (Å²) in [6.45, 7) is 5.81. The van der Waals surface area contributed by atoms with Crippen molar-refractivity contribution < 1.29 is 9.59 Å². The van der Waals surface area contributed by atoms with Crippen LogP contribution in [0.5, 0.6) is 0 Å². The van der Waals surface area contributed by atoms with Gasteiger partial charge in [-0.1, -0.05) is 32.0 Å². The minimum absolute atomic E-state index is 0.0657.